The molecule has 1 aliphatic heterocycles. The van der Waals surface area contributed by atoms with Gasteiger partial charge in [-0.1, -0.05) is 0 Å². The van der Waals surface area contributed by atoms with Gasteiger partial charge in [-0.3, -0.25) is 4.79 Å². The number of carboxylic acid groups (broad SMARTS) is 1. The van der Waals surface area contributed by atoms with Crippen LogP contribution in [0.1, 0.15) is 0 Å². The Hall–Kier alpha value is -1.97. The summed E-state index contributed by atoms with van der Waals surface area (Å²) < 4.78 is 50.0. The molecule has 0 radical (unpaired) electrons. The summed E-state index contributed by atoms with van der Waals surface area (Å²) in [5.74, 6) is -1.98. The van der Waals surface area contributed by atoms with Crippen LogP contribution in [0.2, 0.25) is 0 Å². The molecule has 1 aliphatic rings. The van der Waals surface area contributed by atoms with Gasteiger partial charge in [-0.15, -0.1) is 0 Å². The summed E-state index contributed by atoms with van der Waals surface area (Å²) in [7, 11) is -4.12. The maximum Gasteiger partial charge on any atom is 0.324 e. The molecule has 2 aromatic rings. The molecule has 0 aliphatic carbocycles. The Morgan fingerprint density at radius 1 is 1.36 bits per heavy atom. The van der Waals surface area contributed by atoms with Crippen LogP contribution in [-0.4, -0.2) is 49.6 Å². The van der Waals surface area contributed by atoms with E-state index < -0.39 is 27.9 Å². The first kappa shape index (κ1) is 14.9. The smallest absolute Gasteiger partial charge is 0.324 e. The highest BCUT2D eigenvalue weighted by molar-refractivity contribution is 7.89. The maximum absolute atomic E-state index is 13.6. The van der Waals surface area contributed by atoms with Crippen LogP contribution >= 0.6 is 0 Å². The van der Waals surface area contributed by atoms with E-state index in [0.717, 1.165) is 16.4 Å². The molecule has 2 heterocycles. The molecule has 1 atom stereocenters. The Morgan fingerprint density at radius 3 is 2.86 bits per heavy atom. The predicted molar refractivity (Wildman–Crippen MR) is 72.3 cm³/mol. The monoisotopic (exact) mass is 329 g/mol. The molecule has 1 aromatic heterocycles. The van der Waals surface area contributed by atoms with Crippen LogP contribution in [0.4, 0.5) is 4.39 Å². The van der Waals surface area contributed by atoms with Crippen molar-refractivity contribution in [3.8, 4) is 0 Å². The number of aliphatic carboxylic acids is 1. The molecule has 1 fully saturated rings. The van der Waals surface area contributed by atoms with Crippen molar-refractivity contribution < 1.29 is 31.9 Å². The van der Waals surface area contributed by atoms with Crippen LogP contribution in [0.25, 0.3) is 11.0 Å². The SMILES string of the molecule is O=C(O)C1COCCN1S(=O)(=O)c1ccc(F)c2occc12. The molecule has 3 rings (SSSR count). The first-order chi connectivity index (χ1) is 10.4. The minimum Gasteiger partial charge on any atom is -0.480 e. The predicted octanol–water partition coefficient (Wildman–Crippen LogP) is 1.05. The highest BCUT2D eigenvalue weighted by Gasteiger charge is 2.39. The van der Waals surface area contributed by atoms with Crippen LogP contribution < -0.4 is 0 Å². The summed E-state index contributed by atoms with van der Waals surface area (Å²) in [5.41, 5.74) is -0.179. The fraction of sp³-hybridized carbons (Fsp3) is 0.308. The lowest BCUT2D eigenvalue weighted by molar-refractivity contribution is -0.146. The number of benzene rings is 1. The van der Waals surface area contributed by atoms with Crippen LogP contribution in [0, 0.1) is 5.82 Å². The molecule has 22 heavy (non-hydrogen) atoms. The van der Waals surface area contributed by atoms with Crippen molar-refractivity contribution in [1.82, 2.24) is 4.31 Å². The molecule has 0 amide bonds. The van der Waals surface area contributed by atoms with Crippen LogP contribution in [0.15, 0.2) is 33.8 Å². The quantitative estimate of drug-likeness (QED) is 0.904. The van der Waals surface area contributed by atoms with Crippen molar-refractivity contribution in [1.29, 1.82) is 0 Å². The van der Waals surface area contributed by atoms with Gasteiger partial charge in [0.25, 0.3) is 0 Å². The number of halogens is 1. The summed E-state index contributed by atoms with van der Waals surface area (Å²) in [4.78, 5) is 11.1. The second-order valence-electron chi connectivity index (χ2n) is 4.75. The minimum absolute atomic E-state index is 0.0793. The van der Waals surface area contributed by atoms with E-state index in [-0.39, 0.29) is 35.6 Å². The van der Waals surface area contributed by atoms with Gasteiger partial charge in [-0.2, -0.15) is 4.31 Å². The number of furan rings is 1. The Kier molecular flexibility index (Phi) is 3.63. The third-order valence-corrected chi connectivity index (χ3v) is 5.45. The molecule has 1 unspecified atom stereocenters. The van der Waals surface area contributed by atoms with Gasteiger partial charge in [0.15, 0.2) is 11.4 Å². The van der Waals surface area contributed by atoms with E-state index >= 15 is 0 Å². The normalized spacial score (nSPS) is 20.3. The lowest BCUT2D eigenvalue weighted by atomic mass is 10.2. The second-order valence-corrected chi connectivity index (χ2v) is 6.61. The average molecular weight is 329 g/mol. The number of fused-ring (bicyclic) bond motifs is 1. The molecule has 0 spiro atoms. The largest absolute Gasteiger partial charge is 0.480 e. The average Bonchev–Trinajstić information content (AvgIpc) is 2.97. The minimum atomic E-state index is -4.12. The number of carbonyl (C=O) groups is 1. The maximum atomic E-state index is 13.6. The highest BCUT2D eigenvalue weighted by Crippen LogP contribution is 2.30. The fourth-order valence-corrected chi connectivity index (χ4v) is 4.16. The fourth-order valence-electron chi connectivity index (χ4n) is 2.42. The Bertz CT molecular complexity index is 830. The van der Waals surface area contributed by atoms with Crippen molar-refractivity contribution in [2.75, 3.05) is 19.8 Å². The molecule has 0 bridgehead atoms. The number of hydrogen-bond donors (Lipinski definition) is 1. The first-order valence-electron chi connectivity index (χ1n) is 6.41. The van der Waals surface area contributed by atoms with Crippen molar-refractivity contribution >= 4 is 27.0 Å². The number of nitrogens with zero attached hydrogens (tertiary/aromatic N) is 1. The van der Waals surface area contributed by atoms with E-state index in [9.17, 15) is 22.7 Å². The molecule has 9 heteroatoms. The van der Waals surface area contributed by atoms with E-state index in [4.69, 9.17) is 9.15 Å². The van der Waals surface area contributed by atoms with E-state index in [1.165, 1.54) is 12.3 Å². The Labute approximate surface area is 124 Å². The van der Waals surface area contributed by atoms with Crippen molar-refractivity contribution in [2.45, 2.75) is 10.9 Å². The van der Waals surface area contributed by atoms with Gasteiger partial charge in [-0.25, -0.2) is 12.8 Å². The van der Waals surface area contributed by atoms with Crippen molar-refractivity contribution in [2.24, 2.45) is 0 Å². The second kappa shape index (κ2) is 5.34. The van der Waals surface area contributed by atoms with Gasteiger partial charge in [0.1, 0.15) is 6.04 Å². The molecule has 1 N–H and O–H groups in total. The van der Waals surface area contributed by atoms with E-state index in [2.05, 4.69) is 0 Å². The number of sulfonamides is 1. The zero-order chi connectivity index (χ0) is 15.9. The Morgan fingerprint density at radius 2 is 2.14 bits per heavy atom. The van der Waals surface area contributed by atoms with E-state index in [1.807, 2.05) is 0 Å². The van der Waals surface area contributed by atoms with Crippen molar-refractivity contribution in [3.05, 3.63) is 30.3 Å². The summed E-state index contributed by atoms with van der Waals surface area (Å²) in [6, 6.07) is 2.11. The third kappa shape index (κ3) is 2.27. The molecule has 1 aromatic carbocycles. The van der Waals surface area contributed by atoms with E-state index in [1.54, 1.807) is 0 Å². The molecule has 118 valence electrons. The van der Waals surface area contributed by atoms with Gasteiger partial charge in [0.05, 0.1) is 24.4 Å². The van der Waals surface area contributed by atoms with Gasteiger partial charge in [0, 0.05) is 11.9 Å². The van der Waals surface area contributed by atoms with Crippen LogP contribution in [-0.2, 0) is 19.6 Å². The molecule has 1 saturated heterocycles. The summed E-state index contributed by atoms with van der Waals surface area (Å²) in [6.07, 6.45) is 1.18. The lowest BCUT2D eigenvalue weighted by Crippen LogP contribution is -2.52. The number of hydrogen-bond acceptors (Lipinski definition) is 5. The van der Waals surface area contributed by atoms with Gasteiger partial charge in [0.2, 0.25) is 10.0 Å². The summed E-state index contributed by atoms with van der Waals surface area (Å²) in [6.45, 7) is -0.223. The first-order valence-corrected chi connectivity index (χ1v) is 7.85. The van der Waals surface area contributed by atoms with Crippen LogP contribution in [0.5, 0.6) is 0 Å². The van der Waals surface area contributed by atoms with E-state index in [0.29, 0.717) is 0 Å². The summed E-state index contributed by atoms with van der Waals surface area (Å²) in [5, 5.41) is 9.25. The highest BCUT2D eigenvalue weighted by atomic mass is 32.2. The van der Waals surface area contributed by atoms with Crippen LogP contribution in [0.3, 0.4) is 0 Å². The number of rotatable bonds is 3. The molecule has 7 nitrogen and oxygen atoms in total. The summed E-state index contributed by atoms with van der Waals surface area (Å²) >= 11 is 0. The van der Waals surface area contributed by atoms with Gasteiger partial charge in [-0.05, 0) is 18.2 Å². The molecular formula is C13H12FNO6S. The van der Waals surface area contributed by atoms with Gasteiger partial charge >= 0.3 is 5.97 Å². The standard InChI is InChI=1S/C13H12FNO6S/c14-9-1-2-11(8-3-5-21-12(8)9)22(18,19)15-4-6-20-7-10(15)13(16)17/h1-3,5,10H,4,6-7H2,(H,16,17). The van der Waals surface area contributed by atoms with Crippen molar-refractivity contribution in [3.63, 3.8) is 0 Å². The number of ether oxygens (including phenoxy) is 1. The van der Waals surface area contributed by atoms with Gasteiger partial charge < -0.3 is 14.3 Å². The zero-order valence-electron chi connectivity index (χ0n) is 11.2. The number of carboxylic acids is 1. The molecule has 0 saturated carbocycles. The number of morpholine rings is 1. The zero-order valence-corrected chi connectivity index (χ0v) is 12.0. The third-order valence-electron chi connectivity index (χ3n) is 3.48. The Balaban J connectivity index is 2.13. The lowest BCUT2D eigenvalue weighted by Gasteiger charge is -2.31. The molecular weight excluding hydrogens is 317 g/mol. The topological polar surface area (TPSA) is 97.0 Å².